The summed E-state index contributed by atoms with van der Waals surface area (Å²) in [6.07, 6.45) is 6.42. The van der Waals surface area contributed by atoms with Crippen molar-refractivity contribution in [2.45, 2.75) is 39.4 Å². The molecule has 5 nitrogen and oxygen atoms in total. The molecule has 0 aliphatic heterocycles. The molecule has 2 heterocycles. The zero-order valence-corrected chi connectivity index (χ0v) is 15.9. The summed E-state index contributed by atoms with van der Waals surface area (Å²) in [5, 5.41) is 9.78. The average molecular weight is 362 g/mol. The Labute approximate surface area is 160 Å². The fraction of sp³-hybridized carbons (Fsp3) is 0.318. The third kappa shape index (κ3) is 5.18. The number of benzene rings is 1. The fourth-order valence-corrected chi connectivity index (χ4v) is 3.12. The van der Waals surface area contributed by atoms with E-state index in [-0.39, 0.29) is 12.6 Å². The van der Waals surface area contributed by atoms with E-state index >= 15 is 0 Å². The third-order valence-electron chi connectivity index (χ3n) is 4.66. The van der Waals surface area contributed by atoms with E-state index in [1.165, 1.54) is 5.56 Å². The van der Waals surface area contributed by atoms with Crippen LogP contribution in [0.2, 0.25) is 0 Å². The molecule has 2 aromatic heterocycles. The van der Waals surface area contributed by atoms with Crippen molar-refractivity contribution in [3.8, 4) is 11.4 Å². The van der Waals surface area contributed by atoms with Gasteiger partial charge in [0, 0.05) is 48.8 Å². The second kappa shape index (κ2) is 9.35. The molecule has 27 heavy (non-hydrogen) atoms. The van der Waals surface area contributed by atoms with Gasteiger partial charge in [-0.15, -0.1) is 0 Å². The number of hydrogen-bond acceptors (Lipinski definition) is 5. The molecule has 1 atom stereocenters. The Kier molecular flexibility index (Phi) is 6.63. The molecule has 0 saturated carbocycles. The Morgan fingerprint density at radius 2 is 1.81 bits per heavy atom. The summed E-state index contributed by atoms with van der Waals surface area (Å²) in [5.74, 6) is 0.730. The Hall–Kier alpha value is -2.63. The number of hydrogen-bond donors (Lipinski definition) is 1. The van der Waals surface area contributed by atoms with E-state index < -0.39 is 0 Å². The zero-order chi connectivity index (χ0) is 19.1. The van der Waals surface area contributed by atoms with Gasteiger partial charge in [-0.3, -0.25) is 9.88 Å². The lowest BCUT2D eigenvalue weighted by Crippen LogP contribution is -2.36. The SMILES string of the molecule is CC[C@H](CO)N(Cc1cnc(-c2cccc(C)c2)nc1)Cc1ccccn1. The summed E-state index contributed by atoms with van der Waals surface area (Å²) >= 11 is 0. The molecule has 3 aromatic rings. The standard InChI is InChI=1S/C22H26N4O/c1-3-21(16-27)26(15-20-9-4-5-10-23-20)14-18-12-24-22(25-13-18)19-8-6-7-17(2)11-19/h4-13,21,27H,3,14-16H2,1-2H3/t21-/m1/s1. The van der Waals surface area contributed by atoms with Crippen molar-refractivity contribution in [1.82, 2.24) is 19.9 Å². The van der Waals surface area contributed by atoms with Crippen LogP contribution < -0.4 is 0 Å². The van der Waals surface area contributed by atoms with Gasteiger partial charge in [-0.25, -0.2) is 9.97 Å². The second-order valence-corrected chi connectivity index (χ2v) is 6.76. The highest BCUT2D eigenvalue weighted by molar-refractivity contribution is 5.55. The average Bonchev–Trinajstić information content (AvgIpc) is 2.70. The summed E-state index contributed by atoms with van der Waals surface area (Å²) in [6.45, 7) is 5.62. The van der Waals surface area contributed by atoms with Gasteiger partial charge < -0.3 is 5.11 Å². The Morgan fingerprint density at radius 1 is 1.00 bits per heavy atom. The Morgan fingerprint density at radius 3 is 2.44 bits per heavy atom. The Bertz CT molecular complexity index is 832. The minimum atomic E-state index is 0.0726. The predicted octanol–water partition coefficient (Wildman–Crippen LogP) is 3.62. The molecule has 0 fully saturated rings. The summed E-state index contributed by atoms with van der Waals surface area (Å²) in [6, 6.07) is 14.2. The van der Waals surface area contributed by atoms with E-state index in [2.05, 4.69) is 45.8 Å². The number of nitrogens with zero attached hydrogens (tertiary/aromatic N) is 4. The summed E-state index contributed by atoms with van der Waals surface area (Å²) in [7, 11) is 0. The van der Waals surface area contributed by atoms with Crippen LogP contribution >= 0.6 is 0 Å². The van der Waals surface area contributed by atoms with Crippen LogP contribution in [0.1, 0.15) is 30.2 Å². The molecule has 1 N–H and O–H groups in total. The van der Waals surface area contributed by atoms with Crippen molar-refractivity contribution in [2.24, 2.45) is 0 Å². The minimum Gasteiger partial charge on any atom is -0.395 e. The summed E-state index contributed by atoms with van der Waals surface area (Å²) < 4.78 is 0. The van der Waals surface area contributed by atoms with Gasteiger partial charge in [-0.1, -0.05) is 36.8 Å². The minimum absolute atomic E-state index is 0.0726. The molecule has 0 unspecified atom stereocenters. The van der Waals surface area contributed by atoms with Crippen molar-refractivity contribution >= 4 is 0 Å². The van der Waals surface area contributed by atoms with Gasteiger partial charge in [-0.05, 0) is 31.5 Å². The maximum absolute atomic E-state index is 9.78. The van der Waals surface area contributed by atoms with Crippen LogP contribution in [0.3, 0.4) is 0 Å². The molecular weight excluding hydrogens is 336 g/mol. The van der Waals surface area contributed by atoms with Crippen LogP contribution in [0.25, 0.3) is 11.4 Å². The molecule has 3 rings (SSSR count). The molecule has 0 spiro atoms. The zero-order valence-electron chi connectivity index (χ0n) is 15.9. The maximum Gasteiger partial charge on any atom is 0.159 e. The largest absolute Gasteiger partial charge is 0.395 e. The van der Waals surface area contributed by atoms with Crippen LogP contribution in [0.4, 0.5) is 0 Å². The van der Waals surface area contributed by atoms with E-state index in [0.717, 1.165) is 29.1 Å². The quantitative estimate of drug-likeness (QED) is 0.663. The Balaban J connectivity index is 1.76. The first-order valence-electron chi connectivity index (χ1n) is 9.32. The maximum atomic E-state index is 9.78. The topological polar surface area (TPSA) is 62.1 Å². The van der Waals surface area contributed by atoms with Crippen LogP contribution in [0.5, 0.6) is 0 Å². The van der Waals surface area contributed by atoms with Gasteiger partial charge in [0.15, 0.2) is 5.82 Å². The third-order valence-corrected chi connectivity index (χ3v) is 4.66. The smallest absolute Gasteiger partial charge is 0.159 e. The van der Waals surface area contributed by atoms with Crippen LogP contribution in [0, 0.1) is 6.92 Å². The highest BCUT2D eigenvalue weighted by atomic mass is 16.3. The van der Waals surface area contributed by atoms with Crippen LogP contribution in [-0.4, -0.2) is 37.6 Å². The van der Waals surface area contributed by atoms with Crippen molar-refractivity contribution in [3.63, 3.8) is 0 Å². The molecule has 0 bridgehead atoms. The van der Waals surface area contributed by atoms with E-state index in [9.17, 15) is 5.11 Å². The van der Waals surface area contributed by atoms with Crippen molar-refractivity contribution < 1.29 is 5.11 Å². The number of pyridine rings is 1. The van der Waals surface area contributed by atoms with E-state index in [1.54, 1.807) is 6.20 Å². The van der Waals surface area contributed by atoms with Gasteiger partial charge >= 0.3 is 0 Å². The van der Waals surface area contributed by atoms with Gasteiger partial charge in [0.25, 0.3) is 0 Å². The molecule has 0 saturated heterocycles. The number of aryl methyl sites for hydroxylation is 1. The van der Waals surface area contributed by atoms with Crippen LogP contribution in [-0.2, 0) is 13.1 Å². The lowest BCUT2D eigenvalue weighted by molar-refractivity contribution is 0.105. The molecule has 1 aromatic carbocycles. The van der Waals surface area contributed by atoms with E-state index in [0.29, 0.717) is 13.1 Å². The highest BCUT2D eigenvalue weighted by Gasteiger charge is 2.18. The van der Waals surface area contributed by atoms with E-state index in [4.69, 9.17) is 0 Å². The number of aliphatic hydroxyl groups excluding tert-OH is 1. The highest BCUT2D eigenvalue weighted by Crippen LogP contribution is 2.18. The van der Waals surface area contributed by atoms with Crippen molar-refractivity contribution in [1.29, 1.82) is 0 Å². The predicted molar refractivity (Wildman–Crippen MR) is 107 cm³/mol. The molecule has 0 radical (unpaired) electrons. The lowest BCUT2D eigenvalue weighted by Gasteiger charge is -2.29. The lowest BCUT2D eigenvalue weighted by atomic mass is 10.1. The molecule has 140 valence electrons. The second-order valence-electron chi connectivity index (χ2n) is 6.76. The van der Waals surface area contributed by atoms with Gasteiger partial charge in [0.1, 0.15) is 0 Å². The van der Waals surface area contributed by atoms with Crippen molar-refractivity contribution in [3.05, 3.63) is 77.9 Å². The fourth-order valence-electron chi connectivity index (χ4n) is 3.12. The monoisotopic (exact) mass is 362 g/mol. The molecule has 0 aliphatic rings. The number of rotatable bonds is 8. The van der Waals surface area contributed by atoms with Gasteiger partial charge in [0.05, 0.1) is 12.3 Å². The van der Waals surface area contributed by atoms with Gasteiger partial charge in [0.2, 0.25) is 0 Å². The first-order chi connectivity index (χ1) is 13.2. The van der Waals surface area contributed by atoms with Crippen molar-refractivity contribution in [2.75, 3.05) is 6.61 Å². The van der Waals surface area contributed by atoms with E-state index in [1.807, 2.05) is 42.7 Å². The molecule has 0 aliphatic carbocycles. The first-order valence-corrected chi connectivity index (χ1v) is 9.32. The normalized spacial score (nSPS) is 12.3. The van der Waals surface area contributed by atoms with Crippen LogP contribution in [0.15, 0.2) is 61.1 Å². The number of aliphatic hydroxyl groups is 1. The molecule has 0 amide bonds. The summed E-state index contributed by atoms with van der Waals surface area (Å²) in [5.41, 5.74) is 4.22. The first kappa shape index (κ1) is 19.1. The van der Waals surface area contributed by atoms with Gasteiger partial charge in [-0.2, -0.15) is 0 Å². The number of aromatic nitrogens is 3. The summed E-state index contributed by atoms with van der Waals surface area (Å²) in [4.78, 5) is 15.7. The molecular formula is C22H26N4O. The molecule has 5 heteroatoms.